The van der Waals surface area contributed by atoms with Gasteiger partial charge in [-0.15, -0.1) is 0 Å². The second kappa shape index (κ2) is 4.36. The van der Waals surface area contributed by atoms with Crippen molar-refractivity contribution in [3.05, 3.63) is 35.4 Å². The summed E-state index contributed by atoms with van der Waals surface area (Å²) in [6.45, 7) is 5.14. The fraction of sp³-hybridized carbons (Fsp3) is 0.417. The zero-order valence-corrected chi connectivity index (χ0v) is 8.75. The maximum absolute atomic E-state index is 13.6. The fourth-order valence-corrected chi connectivity index (χ4v) is 1.31. The summed E-state index contributed by atoms with van der Waals surface area (Å²) in [5.74, 6) is -0.0833. The lowest BCUT2D eigenvalue weighted by molar-refractivity contribution is 0.101. The van der Waals surface area contributed by atoms with Gasteiger partial charge >= 0.3 is 0 Å². The molecule has 2 heteroatoms. The third-order valence-corrected chi connectivity index (χ3v) is 2.20. The van der Waals surface area contributed by atoms with Crippen LogP contribution in [0.1, 0.15) is 42.9 Å². The van der Waals surface area contributed by atoms with Gasteiger partial charge in [0.05, 0.1) is 0 Å². The van der Waals surface area contributed by atoms with E-state index >= 15 is 0 Å². The molecule has 0 saturated heterocycles. The van der Waals surface area contributed by atoms with Crippen molar-refractivity contribution in [3.8, 4) is 0 Å². The molecule has 1 unspecified atom stereocenters. The molecule has 1 aromatic carbocycles. The van der Waals surface area contributed by atoms with Crippen molar-refractivity contribution in [2.75, 3.05) is 0 Å². The average Bonchev–Trinajstić information content (AvgIpc) is 2.16. The van der Waals surface area contributed by atoms with Crippen LogP contribution in [-0.4, -0.2) is 5.78 Å². The van der Waals surface area contributed by atoms with Crippen molar-refractivity contribution < 1.29 is 9.18 Å². The first-order valence-corrected chi connectivity index (χ1v) is 4.77. The Labute approximate surface area is 83.9 Å². The third kappa shape index (κ3) is 2.41. The molecule has 0 aromatic heterocycles. The Balaban J connectivity index is 2.99. The summed E-state index contributed by atoms with van der Waals surface area (Å²) in [5.41, 5.74) is 1.17. The Morgan fingerprint density at radius 1 is 1.36 bits per heavy atom. The van der Waals surface area contributed by atoms with Gasteiger partial charge in [0.25, 0.3) is 0 Å². The number of carbonyl (C=O) groups excluding carboxylic acids is 1. The number of halogens is 1. The van der Waals surface area contributed by atoms with Gasteiger partial charge in [0.2, 0.25) is 0 Å². The van der Waals surface area contributed by atoms with Gasteiger partial charge in [0, 0.05) is 5.56 Å². The van der Waals surface area contributed by atoms with E-state index in [0.717, 1.165) is 0 Å². The Hall–Kier alpha value is -1.18. The second-order valence-electron chi connectivity index (χ2n) is 3.83. The molecule has 0 aliphatic carbocycles. The molecule has 0 aliphatic rings. The highest BCUT2D eigenvalue weighted by Gasteiger charge is 2.14. The Kier molecular flexibility index (Phi) is 3.39. The fourth-order valence-electron chi connectivity index (χ4n) is 1.31. The first kappa shape index (κ1) is 10.9. The molecule has 1 nitrogen and oxygen atoms in total. The van der Waals surface area contributed by atoms with Gasteiger partial charge in [0.1, 0.15) is 6.17 Å². The van der Waals surface area contributed by atoms with Gasteiger partial charge in [-0.3, -0.25) is 4.79 Å². The van der Waals surface area contributed by atoms with E-state index in [4.69, 9.17) is 0 Å². The molecule has 1 rings (SSSR count). The topological polar surface area (TPSA) is 17.1 Å². The molecule has 0 aliphatic heterocycles. The maximum Gasteiger partial charge on any atom is 0.159 e. The van der Waals surface area contributed by atoms with Gasteiger partial charge in [-0.05, 0) is 24.5 Å². The molecule has 14 heavy (non-hydrogen) atoms. The van der Waals surface area contributed by atoms with Crippen LogP contribution in [-0.2, 0) is 0 Å². The van der Waals surface area contributed by atoms with Crippen LogP contribution < -0.4 is 0 Å². The van der Waals surface area contributed by atoms with Crippen LogP contribution in [0.25, 0.3) is 0 Å². The molecule has 1 atom stereocenters. The van der Waals surface area contributed by atoms with Crippen molar-refractivity contribution in [1.82, 2.24) is 0 Å². The molecule has 76 valence electrons. The Morgan fingerprint density at radius 2 is 2.00 bits per heavy atom. The largest absolute Gasteiger partial charge is 0.295 e. The quantitative estimate of drug-likeness (QED) is 0.672. The van der Waals surface area contributed by atoms with Crippen LogP contribution in [0.4, 0.5) is 4.39 Å². The van der Waals surface area contributed by atoms with Crippen molar-refractivity contribution >= 4 is 5.78 Å². The molecule has 0 spiro atoms. The van der Waals surface area contributed by atoms with Gasteiger partial charge in [-0.2, -0.15) is 0 Å². The van der Waals surface area contributed by atoms with Gasteiger partial charge in [-0.25, -0.2) is 4.39 Å². The summed E-state index contributed by atoms with van der Waals surface area (Å²) < 4.78 is 13.6. The summed E-state index contributed by atoms with van der Waals surface area (Å²) in [6.07, 6.45) is -0.991. The monoisotopic (exact) mass is 194 g/mol. The minimum atomic E-state index is -0.991. The summed E-state index contributed by atoms with van der Waals surface area (Å²) in [6, 6.07) is 6.78. The minimum absolute atomic E-state index is 0.0252. The van der Waals surface area contributed by atoms with E-state index in [1.165, 1.54) is 6.92 Å². The lowest BCUT2D eigenvalue weighted by atomic mass is 9.98. The van der Waals surface area contributed by atoms with Gasteiger partial charge < -0.3 is 0 Å². The van der Waals surface area contributed by atoms with Crippen LogP contribution in [0.2, 0.25) is 0 Å². The first-order valence-electron chi connectivity index (χ1n) is 4.77. The van der Waals surface area contributed by atoms with Crippen LogP contribution in [0.5, 0.6) is 0 Å². The van der Waals surface area contributed by atoms with Gasteiger partial charge in [0.15, 0.2) is 5.78 Å². The van der Waals surface area contributed by atoms with Crippen molar-refractivity contribution in [2.45, 2.75) is 26.9 Å². The van der Waals surface area contributed by atoms with Crippen LogP contribution in [0.3, 0.4) is 0 Å². The maximum atomic E-state index is 13.6. The van der Waals surface area contributed by atoms with E-state index in [0.29, 0.717) is 11.1 Å². The SMILES string of the molecule is CC(=O)c1cccc(C(F)C(C)C)c1. The first-order chi connectivity index (χ1) is 6.52. The van der Waals surface area contributed by atoms with Crippen molar-refractivity contribution in [2.24, 2.45) is 5.92 Å². The number of benzene rings is 1. The van der Waals surface area contributed by atoms with E-state index in [-0.39, 0.29) is 11.7 Å². The zero-order chi connectivity index (χ0) is 10.7. The van der Waals surface area contributed by atoms with E-state index in [9.17, 15) is 9.18 Å². The highest BCUT2D eigenvalue weighted by molar-refractivity contribution is 5.94. The summed E-state index contributed by atoms with van der Waals surface area (Å²) in [5, 5.41) is 0. The van der Waals surface area contributed by atoms with E-state index < -0.39 is 6.17 Å². The second-order valence-corrected chi connectivity index (χ2v) is 3.83. The number of rotatable bonds is 3. The molecule has 0 heterocycles. The van der Waals surface area contributed by atoms with Crippen LogP contribution in [0, 0.1) is 5.92 Å². The number of alkyl halides is 1. The van der Waals surface area contributed by atoms with Crippen molar-refractivity contribution in [1.29, 1.82) is 0 Å². The molecule has 0 fully saturated rings. The molecule has 0 N–H and O–H groups in total. The summed E-state index contributed by atoms with van der Waals surface area (Å²) in [7, 11) is 0. The predicted molar refractivity (Wildman–Crippen MR) is 55.1 cm³/mol. The molecular weight excluding hydrogens is 179 g/mol. The smallest absolute Gasteiger partial charge is 0.159 e. The van der Waals surface area contributed by atoms with Crippen LogP contribution in [0.15, 0.2) is 24.3 Å². The van der Waals surface area contributed by atoms with Crippen LogP contribution >= 0.6 is 0 Å². The highest BCUT2D eigenvalue weighted by Crippen LogP contribution is 2.26. The standard InChI is InChI=1S/C12H15FO/c1-8(2)12(13)11-6-4-5-10(7-11)9(3)14/h4-8,12H,1-3H3. The molecule has 0 amide bonds. The Morgan fingerprint density at radius 3 is 2.50 bits per heavy atom. The predicted octanol–water partition coefficient (Wildman–Crippen LogP) is 3.56. The highest BCUT2D eigenvalue weighted by atomic mass is 19.1. The lowest BCUT2D eigenvalue weighted by Crippen LogP contribution is -2.02. The van der Waals surface area contributed by atoms with Gasteiger partial charge in [-0.1, -0.05) is 32.0 Å². The normalized spacial score (nSPS) is 12.9. The number of carbonyl (C=O) groups is 1. The molecular formula is C12H15FO. The third-order valence-electron chi connectivity index (χ3n) is 2.20. The Bertz CT molecular complexity index is 331. The van der Waals surface area contributed by atoms with E-state index in [1.54, 1.807) is 24.3 Å². The zero-order valence-electron chi connectivity index (χ0n) is 8.75. The molecule has 0 radical (unpaired) electrons. The number of ketones is 1. The van der Waals surface area contributed by atoms with Crippen molar-refractivity contribution in [3.63, 3.8) is 0 Å². The molecule has 0 saturated carbocycles. The molecule has 1 aromatic rings. The lowest BCUT2D eigenvalue weighted by Gasteiger charge is -2.12. The number of hydrogen-bond donors (Lipinski definition) is 0. The average molecular weight is 194 g/mol. The minimum Gasteiger partial charge on any atom is -0.295 e. The van der Waals surface area contributed by atoms with E-state index in [2.05, 4.69) is 0 Å². The summed E-state index contributed by atoms with van der Waals surface area (Å²) >= 11 is 0. The number of Topliss-reactive ketones (excluding diaryl/α,β-unsaturated/α-hetero) is 1. The molecule has 0 bridgehead atoms. The summed E-state index contributed by atoms with van der Waals surface area (Å²) in [4.78, 5) is 11.1. The number of hydrogen-bond acceptors (Lipinski definition) is 1. The van der Waals surface area contributed by atoms with E-state index in [1.807, 2.05) is 13.8 Å².